The molecule has 0 spiro atoms. The molecule has 3 aromatic rings. The van der Waals surface area contributed by atoms with Gasteiger partial charge in [0.15, 0.2) is 5.82 Å². The summed E-state index contributed by atoms with van der Waals surface area (Å²) in [5.41, 5.74) is 4.73. The van der Waals surface area contributed by atoms with E-state index in [1.165, 1.54) is 0 Å². The molecule has 0 saturated heterocycles. The van der Waals surface area contributed by atoms with Crippen LogP contribution in [0.25, 0.3) is 28.2 Å². The molecule has 3 heteroatoms. The van der Waals surface area contributed by atoms with Crippen molar-refractivity contribution >= 4 is 21.5 Å². The summed E-state index contributed by atoms with van der Waals surface area (Å²) >= 11 is 3.48. The van der Waals surface area contributed by atoms with E-state index in [0.29, 0.717) is 5.82 Å². The molecule has 0 fully saturated rings. The van der Waals surface area contributed by atoms with Gasteiger partial charge in [0.05, 0.1) is 11.4 Å². The van der Waals surface area contributed by atoms with Crippen molar-refractivity contribution in [2.75, 3.05) is 0 Å². The van der Waals surface area contributed by atoms with Gasteiger partial charge >= 0.3 is 0 Å². The molecule has 26 heavy (non-hydrogen) atoms. The van der Waals surface area contributed by atoms with Crippen LogP contribution in [-0.4, -0.2) is 9.97 Å². The highest BCUT2D eigenvalue weighted by molar-refractivity contribution is 9.10. The monoisotopic (exact) mass is 402 g/mol. The Morgan fingerprint density at radius 3 is 2.35 bits per heavy atom. The number of hydrogen-bond acceptors (Lipinski definition) is 2. The SMILES string of the molecule is C=C/C(=C\C=C/C)c1cc(-c2ccccc2)nc(-c2ccc(Br)cc2)n1. The minimum Gasteiger partial charge on any atom is -0.228 e. The maximum absolute atomic E-state index is 4.79. The fraction of sp³-hybridized carbons (Fsp3) is 0.0435. The molecule has 2 nitrogen and oxygen atoms in total. The average Bonchev–Trinajstić information content (AvgIpc) is 2.69. The van der Waals surface area contributed by atoms with E-state index < -0.39 is 0 Å². The third-order valence-electron chi connectivity index (χ3n) is 3.88. The third kappa shape index (κ3) is 4.24. The normalized spacial score (nSPS) is 11.7. The topological polar surface area (TPSA) is 25.8 Å². The van der Waals surface area contributed by atoms with Crippen LogP contribution < -0.4 is 0 Å². The highest BCUT2D eigenvalue weighted by Gasteiger charge is 2.10. The van der Waals surface area contributed by atoms with E-state index in [2.05, 4.69) is 34.6 Å². The van der Waals surface area contributed by atoms with Crippen molar-refractivity contribution in [3.05, 3.63) is 102 Å². The Kier molecular flexibility index (Phi) is 5.92. The fourth-order valence-electron chi connectivity index (χ4n) is 2.54. The Labute approximate surface area is 162 Å². The number of rotatable bonds is 5. The van der Waals surface area contributed by atoms with Gasteiger partial charge in [0.25, 0.3) is 0 Å². The zero-order chi connectivity index (χ0) is 18.4. The lowest BCUT2D eigenvalue weighted by Gasteiger charge is -2.09. The summed E-state index contributed by atoms with van der Waals surface area (Å²) in [6, 6.07) is 20.2. The van der Waals surface area contributed by atoms with Gasteiger partial charge in [-0.2, -0.15) is 0 Å². The molecule has 0 aliphatic carbocycles. The number of hydrogen-bond donors (Lipinski definition) is 0. The summed E-state index contributed by atoms with van der Waals surface area (Å²) in [5, 5.41) is 0. The largest absolute Gasteiger partial charge is 0.228 e. The zero-order valence-electron chi connectivity index (χ0n) is 14.6. The van der Waals surface area contributed by atoms with E-state index in [9.17, 15) is 0 Å². The van der Waals surface area contributed by atoms with Crippen molar-refractivity contribution in [1.29, 1.82) is 0 Å². The van der Waals surface area contributed by atoms with E-state index in [4.69, 9.17) is 9.97 Å². The van der Waals surface area contributed by atoms with E-state index in [-0.39, 0.29) is 0 Å². The maximum Gasteiger partial charge on any atom is 0.160 e. The van der Waals surface area contributed by atoms with Crippen molar-refractivity contribution in [1.82, 2.24) is 9.97 Å². The van der Waals surface area contributed by atoms with Crippen molar-refractivity contribution in [3.8, 4) is 22.6 Å². The Balaban J connectivity index is 2.19. The van der Waals surface area contributed by atoms with Gasteiger partial charge in [-0.25, -0.2) is 9.97 Å². The molecule has 128 valence electrons. The molecular weight excluding hydrogens is 384 g/mol. The summed E-state index contributed by atoms with van der Waals surface area (Å²) in [6.07, 6.45) is 7.80. The first-order valence-corrected chi connectivity index (χ1v) is 9.17. The molecule has 0 unspecified atom stereocenters. The van der Waals surface area contributed by atoms with Crippen LogP contribution in [0, 0.1) is 0 Å². The molecule has 0 saturated carbocycles. The first-order valence-electron chi connectivity index (χ1n) is 8.37. The second kappa shape index (κ2) is 8.54. The van der Waals surface area contributed by atoms with E-state index in [1.807, 2.05) is 79.8 Å². The number of allylic oxidation sites excluding steroid dienone is 5. The second-order valence-electron chi connectivity index (χ2n) is 5.69. The quantitative estimate of drug-likeness (QED) is 0.442. The maximum atomic E-state index is 4.79. The molecular formula is C23H19BrN2. The first kappa shape index (κ1) is 18.0. The van der Waals surface area contributed by atoms with Crippen LogP contribution in [0.3, 0.4) is 0 Å². The molecule has 0 aliphatic heterocycles. The molecule has 3 rings (SSSR count). The van der Waals surface area contributed by atoms with Gasteiger partial charge < -0.3 is 0 Å². The number of benzene rings is 2. The van der Waals surface area contributed by atoms with Crippen LogP contribution in [0.15, 0.2) is 96.0 Å². The van der Waals surface area contributed by atoms with Crippen LogP contribution in [0.2, 0.25) is 0 Å². The molecule has 1 heterocycles. The Morgan fingerprint density at radius 1 is 0.962 bits per heavy atom. The van der Waals surface area contributed by atoms with Crippen molar-refractivity contribution in [2.24, 2.45) is 0 Å². The summed E-state index contributed by atoms with van der Waals surface area (Å²) in [4.78, 5) is 9.58. The molecule has 2 aromatic carbocycles. The lowest BCUT2D eigenvalue weighted by atomic mass is 10.1. The van der Waals surface area contributed by atoms with Gasteiger partial charge in [0, 0.05) is 15.6 Å². The minimum absolute atomic E-state index is 0.696. The molecule has 0 N–H and O–H groups in total. The van der Waals surface area contributed by atoms with Crippen molar-refractivity contribution in [3.63, 3.8) is 0 Å². The average molecular weight is 403 g/mol. The zero-order valence-corrected chi connectivity index (χ0v) is 16.1. The van der Waals surface area contributed by atoms with E-state index >= 15 is 0 Å². The van der Waals surface area contributed by atoms with E-state index in [1.54, 1.807) is 0 Å². The second-order valence-corrected chi connectivity index (χ2v) is 6.60. The molecule has 0 amide bonds. The Bertz CT molecular complexity index is 955. The molecule has 0 radical (unpaired) electrons. The lowest BCUT2D eigenvalue weighted by molar-refractivity contribution is 1.16. The Morgan fingerprint density at radius 2 is 1.69 bits per heavy atom. The first-order chi connectivity index (χ1) is 12.7. The van der Waals surface area contributed by atoms with Gasteiger partial charge in [-0.3, -0.25) is 0 Å². The minimum atomic E-state index is 0.696. The molecule has 1 aromatic heterocycles. The summed E-state index contributed by atoms with van der Waals surface area (Å²) < 4.78 is 1.03. The lowest BCUT2D eigenvalue weighted by Crippen LogP contribution is -1.97. The van der Waals surface area contributed by atoms with Crippen LogP contribution in [-0.2, 0) is 0 Å². The molecule has 0 aliphatic rings. The van der Waals surface area contributed by atoms with Crippen LogP contribution in [0.5, 0.6) is 0 Å². The highest BCUT2D eigenvalue weighted by atomic mass is 79.9. The number of nitrogens with zero attached hydrogens (tertiary/aromatic N) is 2. The predicted octanol–water partition coefficient (Wildman–Crippen LogP) is 6.72. The van der Waals surface area contributed by atoms with Crippen molar-refractivity contribution in [2.45, 2.75) is 6.92 Å². The fourth-order valence-corrected chi connectivity index (χ4v) is 2.80. The van der Waals surface area contributed by atoms with Gasteiger partial charge in [-0.15, -0.1) is 0 Å². The van der Waals surface area contributed by atoms with Crippen LogP contribution in [0.1, 0.15) is 12.6 Å². The smallest absolute Gasteiger partial charge is 0.160 e. The molecule has 0 atom stereocenters. The summed E-state index contributed by atoms with van der Waals surface area (Å²) in [6.45, 7) is 5.92. The summed E-state index contributed by atoms with van der Waals surface area (Å²) in [7, 11) is 0. The highest BCUT2D eigenvalue weighted by Crippen LogP contribution is 2.26. The number of aromatic nitrogens is 2. The summed E-state index contributed by atoms with van der Waals surface area (Å²) in [5.74, 6) is 0.696. The van der Waals surface area contributed by atoms with Crippen molar-refractivity contribution < 1.29 is 0 Å². The predicted molar refractivity (Wildman–Crippen MR) is 114 cm³/mol. The molecule has 0 bridgehead atoms. The number of halogens is 1. The van der Waals surface area contributed by atoms with E-state index in [0.717, 1.165) is 32.6 Å². The van der Waals surface area contributed by atoms with Gasteiger partial charge in [-0.05, 0) is 30.7 Å². The van der Waals surface area contributed by atoms with Crippen LogP contribution >= 0.6 is 15.9 Å². The third-order valence-corrected chi connectivity index (χ3v) is 4.41. The Hall–Kier alpha value is -2.78. The standard InChI is InChI=1S/C23H19BrN2/c1-3-5-9-17(4-2)21-16-22(18-10-7-6-8-11-18)26-23(25-21)19-12-14-20(24)15-13-19/h3-16H,2H2,1H3/b5-3-,17-9+. The van der Waals surface area contributed by atoms with Gasteiger partial charge in [0.1, 0.15) is 0 Å². The van der Waals surface area contributed by atoms with Crippen LogP contribution in [0.4, 0.5) is 0 Å². The van der Waals surface area contributed by atoms with Gasteiger partial charge in [0.2, 0.25) is 0 Å². The van der Waals surface area contributed by atoms with Gasteiger partial charge in [-0.1, -0.05) is 89.3 Å².